The third-order valence-electron chi connectivity index (χ3n) is 5.04. The van der Waals surface area contributed by atoms with Crippen molar-refractivity contribution in [1.82, 2.24) is 23.6 Å². The molecule has 1 aliphatic heterocycles. The number of piperidine rings is 1. The van der Waals surface area contributed by atoms with Crippen LogP contribution < -0.4 is 11.2 Å². The van der Waals surface area contributed by atoms with E-state index in [1.54, 1.807) is 18.5 Å². The molecule has 1 saturated heterocycles. The van der Waals surface area contributed by atoms with Gasteiger partial charge in [0.05, 0.1) is 6.33 Å². The number of imidazole rings is 1. The second-order valence-corrected chi connectivity index (χ2v) is 6.71. The fourth-order valence-corrected chi connectivity index (χ4v) is 3.27. The van der Waals surface area contributed by atoms with Crippen LogP contribution >= 0.6 is 0 Å². The Labute approximate surface area is 139 Å². The quantitative estimate of drug-likeness (QED) is 0.789. The van der Waals surface area contributed by atoms with Crippen LogP contribution in [0.2, 0.25) is 0 Å². The van der Waals surface area contributed by atoms with E-state index in [1.807, 2.05) is 4.90 Å². The van der Waals surface area contributed by atoms with Crippen molar-refractivity contribution in [3.63, 3.8) is 0 Å². The van der Waals surface area contributed by atoms with Gasteiger partial charge in [-0.3, -0.25) is 18.7 Å². The fourth-order valence-electron chi connectivity index (χ4n) is 3.27. The van der Waals surface area contributed by atoms with Crippen molar-refractivity contribution in [1.29, 1.82) is 0 Å². The number of carbonyl (C=O) groups excluding carboxylic acids is 1. The van der Waals surface area contributed by atoms with Gasteiger partial charge in [-0.15, -0.1) is 0 Å². The van der Waals surface area contributed by atoms with Crippen LogP contribution in [0.15, 0.2) is 15.9 Å². The molecule has 3 rings (SSSR count). The summed E-state index contributed by atoms with van der Waals surface area (Å²) < 4.78 is 3.95. The van der Waals surface area contributed by atoms with E-state index >= 15 is 0 Å². The van der Waals surface area contributed by atoms with Gasteiger partial charge >= 0.3 is 5.69 Å². The number of fused-ring (bicyclic) bond motifs is 1. The molecule has 8 nitrogen and oxygen atoms in total. The summed E-state index contributed by atoms with van der Waals surface area (Å²) >= 11 is 0. The fraction of sp³-hybridized carbons (Fsp3) is 0.625. The first-order valence-corrected chi connectivity index (χ1v) is 8.24. The molecule has 0 unspecified atom stereocenters. The molecule has 2 aromatic heterocycles. The lowest BCUT2D eigenvalue weighted by molar-refractivity contribution is -0.135. The zero-order valence-corrected chi connectivity index (χ0v) is 14.5. The molecule has 0 spiro atoms. The van der Waals surface area contributed by atoms with Crippen LogP contribution in [0.4, 0.5) is 0 Å². The molecule has 0 N–H and O–H groups in total. The number of hydrogen-bond donors (Lipinski definition) is 0. The molecule has 1 aliphatic rings. The molecular formula is C16H23N5O3. The van der Waals surface area contributed by atoms with Crippen molar-refractivity contribution >= 4 is 17.1 Å². The van der Waals surface area contributed by atoms with E-state index in [4.69, 9.17) is 0 Å². The van der Waals surface area contributed by atoms with E-state index in [1.165, 1.54) is 17.9 Å². The van der Waals surface area contributed by atoms with E-state index in [0.29, 0.717) is 11.6 Å². The number of rotatable bonds is 2. The Morgan fingerprint density at radius 2 is 1.83 bits per heavy atom. The van der Waals surface area contributed by atoms with Gasteiger partial charge in [-0.05, 0) is 25.7 Å². The Bertz CT molecular complexity index is 899. The van der Waals surface area contributed by atoms with Crippen LogP contribution in [-0.4, -0.2) is 42.6 Å². The Kier molecular flexibility index (Phi) is 4.06. The van der Waals surface area contributed by atoms with E-state index in [9.17, 15) is 14.4 Å². The van der Waals surface area contributed by atoms with Crippen LogP contribution in [0.3, 0.4) is 0 Å². The monoisotopic (exact) mass is 333 g/mol. The van der Waals surface area contributed by atoms with Gasteiger partial charge in [-0.1, -0.05) is 6.92 Å². The summed E-state index contributed by atoms with van der Waals surface area (Å²) in [5, 5.41) is 0. The first kappa shape index (κ1) is 16.5. The normalized spacial score (nSPS) is 17.4. The van der Waals surface area contributed by atoms with Crippen LogP contribution in [0.25, 0.3) is 11.2 Å². The molecular weight excluding hydrogens is 310 g/mol. The molecule has 1 atom stereocenters. The van der Waals surface area contributed by atoms with E-state index in [-0.39, 0.29) is 11.4 Å². The molecule has 2 aromatic rings. The third kappa shape index (κ3) is 2.46. The minimum absolute atomic E-state index is 0.0166. The lowest BCUT2D eigenvalue weighted by Gasteiger charge is -2.32. The predicted molar refractivity (Wildman–Crippen MR) is 89.9 cm³/mol. The summed E-state index contributed by atoms with van der Waals surface area (Å²) in [5.74, 6) is 0.623. The molecule has 24 heavy (non-hydrogen) atoms. The SMILES string of the molecule is CC1CCN(C(=O)[C@@H](C)n2cnc3c2c(=O)n(C)c(=O)n3C)CC1. The summed E-state index contributed by atoms with van der Waals surface area (Å²) in [6.45, 7) is 5.45. The Morgan fingerprint density at radius 1 is 1.21 bits per heavy atom. The van der Waals surface area contributed by atoms with Gasteiger partial charge in [-0.25, -0.2) is 9.78 Å². The number of carbonyl (C=O) groups is 1. The first-order chi connectivity index (χ1) is 11.3. The smallest absolute Gasteiger partial charge is 0.332 e. The molecule has 8 heteroatoms. The summed E-state index contributed by atoms with van der Waals surface area (Å²) in [6, 6.07) is -0.534. The minimum atomic E-state index is -0.534. The maximum Gasteiger partial charge on any atom is 0.332 e. The number of aromatic nitrogens is 4. The Balaban J connectivity index is 2.02. The van der Waals surface area contributed by atoms with Crippen molar-refractivity contribution in [2.45, 2.75) is 32.7 Å². The topological polar surface area (TPSA) is 82.1 Å². The standard InChI is InChI=1S/C16H23N5O3/c1-10-5-7-20(8-6-10)14(22)11(2)21-9-17-13-12(21)15(23)19(4)16(24)18(13)3/h9-11H,5-8H2,1-4H3/t11-/m1/s1. The van der Waals surface area contributed by atoms with Crippen molar-refractivity contribution in [3.05, 3.63) is 27.2 Å². The molecule has 0 aliphatic carbocycles. The Morgan fingerprint density at radius 3 is 2.46 bits per heavy atom. The highest BCUT2D eigenvalue weighted by Crippen LogP contribution is 2.21. The molecule has 0 saturated carbocycles. The second-order valence-electron chi connectivity index (χ2n) is 6.71. The van der Waals surface area contributed by atoms with Gasteiger partial charge in [0.15, 0.2) is 11.2 Å². The zero-order valence-electron chi connectivity index (χ0n) is 14.5. The predicted octanol–water partition coefficient (Wildman–Crippen LogP) is 0.253. The number of aryl methyl sites for hydroxylation is 1. The lowest BCUT2D eigenvalue weighted by atomic mass is 9.99. The van der Waals surface area contributed by atoms with E-state index in [2.05, 4.69) is 11.9 Å². The number of amides is 1. The average Bonchev–Trinajstić information content (AvgIpc) is 3.02. The van der Waals surface area contributed by atoms with Crippen LogP contribution in [0.5, 0.6) is 0 Å². The molecule has 0 bridgehead atoms. The van der Waals surface area contributed by atoms with Crippen LogP contribution in [0.1, 0.15) is 32.7 Å². The van der Waals surface area contributed by atoms with Crippen LogP contribution in [-0.2, 0) is 18.9 Å². The summed E-state index contributed by atoms with van der Waals surface area (Å²) in [5.41, 5.74) is -0.278. The molecule has 0 aromatic carbocycles. The van der Waals surface area contributed by atoms with E-state index in [0.717, 1.165) is 30.5 Å². The Hall–Kier alpha value is -2.38. The maximum atomic E-state index is 12.8. The summed E-state index contributed by atoms with van der Waals surface area (Å²) in [6.07, 6.45) is 3.47. The lowest BCUT2D eigenvalue weighted by Crippen LogP contribution is -2.42. The molecule has 1 fully saturated rings. The van der Waals surface area contributed by atoms with E-state index < -0.39 is 17.3 Å². The highest BCUT2D eigenvalue weighted by Gasteiger charge is 2.27. The molecule has 1 amide bonds. The molecule has 3 heterocycles. The highest BCUT2D eigenvalue weighted by molar-refractivity contribution is 5.82. The average molecular weight is 333 g/mol. The third-order valence-corrected chi connectivity index (χ3v) is 5.04. The van der Waals surface area contributed by atoms with Gasteiger partial charge in [-0.2, -0.15) is 0 Å². The number of nitrogens with zero attached hydrogens (tertiary/aromatic N) is 5. The second kappa shape index (κ2) is 5.92. The van der Waals surface area contributed by atoms with Gasteiger partial charge in [0.2, 0.25) is 5.91 Å². The van der Waals surface area contributed by atoms with Crippen molar-refractivity contribution in [3.8, 4) is 0 Å². The molecule has 130 valence electrons. The largest absolute Gasteiger partial charge is 0.341 e. The van der Waals surface area contributed by atoms with Gasteiger partial charge in [0.1, 0.15) is 6.04 Å². The number of likely N-dealkylation sites (tertiary alicyclic amines) is 1. The highest BCUT2D eigenvalue weighted by atomic mass is 16.2. The summed E-state index contributed by atoms with van der Waals surface area (Å²) in [7, 11) is 3.00. The number of hydrogen-bond acceptors (Lipinski definition) is 4. The van der Waals surface area contributed by atoms with Gasteiger partial charge in [0.25, 0.3) is 5.56 Å². The van der Waals surface area contributed by atoms with Gasteiger partial charge < -0.3 is 9.47 Å². The van der Waals surface area contributed by atoms with Gasteiger partial charge in [0, 0.05) is 27.2 Å². The minimum Gasteiger partial charge on any atom is -0.341 e. The van der Waals surface area contributed by atoms with Crippen LogP contribution in [0, 0.1) is 5.92 Å². The zero-order chi connectivity index (χ0) is 17.6. The maximum absolute atomic E-state index is 12.8. The first-order valence-electron chi connectivity index (χ1n) is 8.24. The molecule has 0 radical (unpaired) electrons. The van der Waals surface area contributed by atoms with Crippen molar-refractivity contribution in [2.24, 2.45) is 20.0 Å². The summed E-state index contributed by atoms with van der Waals surface area (Å²) in [4.78, 5) is 43.3. The van der Waals surface area contributed by atoms with Crippen molar-refractivity contribution in [2.75, 3.05) is 13.1 Å². The van der Waals surface area contributed by atoms with Crippen molar-refractivity contribution < 1.29 is 4.79 Å².